The molecule has 0 aliphatic rings. The highest BCUT2D eigenvalue weighted by atomic mass is 79.9. The van der Waals surface area contributed by atoms with Gasteiger partial charge in [0.05, 0.1) is 11.3 Å². The molecule has 1 aromatic heterocycles. The van der Waals surface area contributed by atoms with Crippen molar-refractivity contribution >= 4 is 55.8 Å². The van der Waals surface area contributed by atoms with Gasteiger partial charge in [0, 0.05) is 9.37 Å². The first-order valence-corrected chi connectivity index (χ1v) is 8.28. The third kappa shape index (κ3) is 3.84. The van der Waals surface area contributed by atoms with Crippen molar-refractivity contribution in [3.05, 3.63) is 45.7 Å². The molecule has 2 rings (SSSR count). The van der Waals surface area contributed by atoms with E-state index < -0.39 is 5.91 Å². The van der Waals surface area contributed by atoms with Crippen LogP contribution in [-0.4, -0.2) is 17.6 Å². The topological polar surface area (TPSA) is 72.2 Å². The van der Waals surface area contributed by atoms with E-state index in [4.69, 9.17) is 5.73 Å². The smallest absolute Gasteiger partial charge is 0.251 e. The Kier molecular flexibility index (Phi) is 5.22. The van der Waals surface area contributed by atoms with E-state index in [-0.39, 0.29) is 11.7 Å². The standard InChI is InChI=1S/C13H11BrN2O2S2/c14-9-3-1-2-4-10(9)20-7-11(17)16-13-8(12(15)18)5-6-19-13/h1-6H,7H2,(H2,15,18)(H,16,17). The van der Waals surface area contributed by atoms with Crippen molar-refractivity contribution in [3.8, 4) is 0 Å². The number of nitrogens with two attached hydrogens (primary N) is 1. The third-order valence-electron chi connectivity index (χ3n) is 2.38. The Bertz CT molecular complexity index is 643. The molecule has 0 aliphatic carbocycles. The summed E-state index contributed by atoms with van der Waals surface area (Å²) < 4.78 is 0.951. The number of halogens is 1. The largest absolute Gasteiger partial charge is 0.366 e. The molecule has 0 saturated heterocycles. The molecule has 0 unspecified atom stereocenters. The molecule has 0 spiro atoms. The van der Waals surface area contributed by atoms with E-state index in [1.54, 1.807) is 11.4 Å². The Morgan fingerprint density at radius 3 is 2.75 bits per heavy atom. The molecule has 0 aliphatic heterocycles. The summed E-state index contributed by atoms with van der Waals surface area (Å²) in [5.74, 6) is -0.450. The molecule has 0 bridgehead atoms. The molecular weight excluding hydrogens is 360 g/mol. The predicted molar refractivity (Wildman–Crippen MR) is 86.3 cm³/mol. The van der Waals surface area contributed by atoms with Crippen molar-refractivity contribution in [2.45, 2.75) is 4.90 Å². The second kappa shape index (κ2) is 6.92. The molecule has 0 fully saturated rings. The Balaban J connectivity index is 1.95. The van der Waals surface area contributed by atoms with Crippen molar-refractivity contribution in [2.24, 2.45) is 5.73 Å². The van der Waals surface area contributed by atoms with E-state index in [9.17, 15) is 9.59 Å². The minimum Gasteiger partial charge on any atom is -0.366 e. The van der Waals surface area contributed by atoms with Gasteiger partial charge in [-0.15, -0.1) is 23.1 Å². The van der Waals surface area contributed by atoms with Crippen LogP contribution in [0.3, 0.4) is 0 Å². The predicted octanol–water partition coefficient (Wildman–Crippen LogP) is 3.34. The Labute approximate surface area is 132 Å². The number of carbonyl (C=O) groups is 2. The van der Waals surface area contributed by atoms with Gasteiger partial charge in [0.15, 0.2) is 0 Å². The van der Waals surface area contributed by atoms with Crippen LogP contribution >= 0.6 is 39.0 Å². The number of amides is 2. The third-order valence-corrected chi connectivity index (χ3v) is 5.24. The number of anilines is 1. The zero-order valence-electron chi connectivity index (χ0n) is 10.3. The van der Waals surface area contributed by atoms with Crippen LogP contribution in [0, 0.1) is 0 Å². The normalized spacial score (nSPS) is 10.2. The number of carbonyl (C=O) groups excluding carboxylic acids is 2. The molecular formula is C13H11BrN2O2S2. The lowest BCUT2D eigenvalue weighted by Crippen LogP contribution is -2.17. The van der Waals surface area contributed by atoms with Crippen molar-refractivity contribution < 1.29 is 9.59 Å². The van der Waals surface area contributed by atoms with Gasteiger partial charge < -0.3 is 11.1 Å². The van der Waals surface area contributed by atoms with Crippen LogP contribution in [0.1, 0.15) is 10.4 Å². The van der Waals surface area contributed by atoms with Crippen molar-refractivity contribution in [1.82, 2.24) is 0 Å². The molecule has 3 N–H and O–H groups in total. The summed E-state index contributed by atoms with van der Waals surface area (Å²) in [6, 6.07) is 9.28. The van der Waals surface area contributed by atoms with Gasteiger partial charge >= 0.3 is 0 Å². The van der Waals surface area contributed by atoms with Crippen LogP contribution in [0.5, 0.6) is 0 Å². The highest BCUT2D eigenvalue weighted by molar-refractivity contribution is 9.10. The van der Waals surface area contributed by atoms with Crippen molar-refractivity contribution in [1.29, 1.82) is 0 Å². The van der Waals surface area contributed by atoms with Crippen LogP contribution < -0.4 is 11.1 Å². The van der Waals surface area contributed by atoms with Gasteiger partial charge in [-0.05, 0) is 39.5 Å². The van der Waals surface area contributed by atoms with Crippen LogP contribution in [0.4, 0.5) is 5.00 Å². The Hall–Kier alpha value is -1.31. The van der Waals surface area contributed by atoms with Gasteiger partial charge in [0.1, 0.15) is 5.00 Å². The highest BCUT2D eigenvalue weighted by Gasteiger charge is 2.12. The number of benzene rings is 1. The summed E-state index contributed by atoms with van der Waals surface area (Å²) in [7, 11) is 0. The maximum Gasteiger partial charge on any atom is 0.251 e. The fraction of sp³-hybridized carbons (Fsp3) is 0.0769. The van der Waals surface area contributed by atoms with E-state index >= 15 is 0 Å². The first kappa shape index (κ1) is 15.1. The summed E-state index contributed by atoms with van der Waals surface area (Å²) in [5.41, 5.74) is 5.57. The molecule has 20 heavy (non-hydrogen) atoms. The van der Waals surface area contributed by atoms with Gasteiger partial charge in [0.2, 0.25) is 5.91 Å². The first-order valence-electron chi connectivity index (χ1n) is 5.62. The quantitative estimate of drug-likeness (QED) is 0.792. The lowest BCUT2D eigenvalue weighted by Gasteiger charge is -2.05. The van der Waals surface area contributed by atoms with E-state index in [1.807, 2.05) is 24.3 Å². The SMILES string of the molecule is NC(=O)c1ccsc1NC(=O)CSc1ccccc1Br. The summed E-state index contributed by atoms with van der Waals surface area (Å²) >= 11 is 6.13. The minimum atomic E-state index is -0.542. The van der Waals surface area contributed by atoms with Crippen molar-refractivity contribution in [3.63, 3.8) is 0 Å². The molecule has 0 radical (unpaired) electrons. The van der Waals surface area contributed by atoms with Crippen LogP contribution in [-0.2, 0) is 4.79 Å². The maximum atomic E-state index is 11.9. The van der Waals surface area contributed by atoms with Gasteiger partial charge in [0.25, 0.3) is 5.91 Å². The van der Waals surface area contributed by atoms with Gasteiger partial charge in [-0.1, -0.05) is 12.1 Å². The summed E-state index contributed by atoms with van der Waals surface area (Å²) in [4.78, 5) is 24.0. The summed E-state index contributed by atoms with van der Waals surface area (Å²) in [6.45, 7) is 0. The zero-order chi connectivity index (χ0) is 14.5. The second-order valence-electron chi connectivity index (χ2n) is 3.79. The Morgan fingerprint density at radius 2 is 2.05 bits per heavy atom. The van der Waals surface area contributed by atoms with Crippen LogP contribution in [0.2, 0.25) is 0 Å². The molecule has 1 aromatic carbocycles. The maximum absolute atomic E-state index is 11.9. The van der Waals surface area contributed by atoms with Crippen LogP contribution in [0.15, 0.2) is 45.1 Å². The number of hydrogen-bond donors (Lipinski definition) is 2. The lowest BCUT2D eigenvalue weighted by atomic mass is 10.3. The molecule has 2 amide bonds. The number of primary amides is 1. The summed E-state index contributed by atoms with van der Waals surface area (Å²) in [5, 5.41) is 4.92. The Morgan fingerprint density at radius 1 is 1.30 bits per heavy atom. The number of hydrogen-bond acceptors (Lipinski definition) is 4. The summed E-state index contributed by atoms with van der Waals surface area (Å²) in [6.07, 6.45) is 0. The molecule has 104 valence electrons. The average molecular weight is 371 g/mol. The number of thioether (sulfide) groups is 1. The van der Waals surface area contributed by atoms with Gasteiger partial charge in [-0.25, -0.2) is 0 Å². The van der Waals surface area contributed by atoms with Crippen LogP contribution in [0.25, 0.3) is 0 Å². The highest BCUT2D eigenvalue weighted by Crippen LogP contribution is 2.28. The molecule has 2 aromatic rings. The van der Waals surface area contributed by atoms with Gasteiger partial charge in [-0.2, -0.15) is 0 Å². The fourth-order valence-electron chi connectivity index (χ4n) is 1.47. The van der Waals surface area contributed by atoms with Gasteiger partial charge in [-0.3, -0.25) is 9.59 Å². The number of thiophene rings is 1. The monoisotopic (exact) mass is 370 g/mol. The fourth-order valence-corrected chi connectivity index (χ4v) is 3.64. The molecule has 0 saturated carbocycles. The molecule has 1 heterocycles. The number of nitrogens with one attached hydrogen (secondary N) is 1. The van der Waals surface area contributed by atoms with Crippen molar-refractivity contribution in [2.75, 3.05) is 11.1 Å². The molecule has 0 atom stereocenters. The van der Waals surface area contributed by atoms with E-state index in [0.717, 1.165) is 9.37 Å². The van der Waals surface area contributed by atoms with E-state index in [2.05, 4.69) is 21.2 Å². The van der Waals surface area contributed by atoms with E-state index in [0.29, 0.717) is 10.6 Å². The first-order chi connectivity index (χ1) is 9.58. The molecule has 7 heteroatoms. The zero-order valence-corrected chi connectivity index (χ0v) is 13.5. The molecule has 4 nitrogen and oxygen atoms in total. The van der Waals surface area contributed by atoms with E-state index in [1.165, 1.54) is 23.1 Å². The lowest BCUT2D eigenvalue weighted by molar-refractivity contribution is -0.113. The number of rotatable bonds is 5. The minimum absolute atomic E-state index is 0.171. The second-order valence-corrected chi connectivity index (χ2v) is 6.58. The average Bonchev–Trinajstić information content (AvgIpc) is 2.86.